The van der Waals surface area contributed by atoms with Crippen molar-refractivity contribution >= 4 is 11.9 Å². The molecule has 0 atom stereocenters. The summed E-state index contributed by atoms with van der Waals surface area (Å²) in [5.74, 6) is -0.322. The molecule has 0 unspecified atom stereocenters. The molecule has 0 aliphatic carbocycles. The fraction of sp³-hybridized carbons (Fsp3) is 0.300. The monoisotopic (exact) mass is 353 g/mol. The van der Waals surface area contributed by atoms with E-state index in [1.807, 2.05) is 29.2 Å². The summed E-state index contributed by atoms with van der Waals surface area (Å²) in [5, 5.41) is 4.95. The molecule has 2 N–H and O–H groups in total. The second-order valence-corrected chi connectivity index (χ2v) is 6.26. The molecule has 26 heavy (non-hydrogen) atoms. The Morgan fingerprint density at radius 2 is 1.58 bits per heavy atom. The molecule has 0 fully saturated rings. The lowest BCUT2D eigenvalue weighted by Crippen LogP contribution is -2.44. The van der Waals surface area contributed by atoms with Gasteiger partial charge >= 0.3 is 6.03 Å². The highest BCUT2D eigenvalue weighted by Crippen LogP contribution is 2.32. The number of nitrogens with zero attached hydrogens (tertiary/aromatic N) is 1. The predicted octanol–water partition coefficient (Wildman–Crippen LogP) is 2.14. The minimum atomic E-state index is -0.498. The van der Waals surface area contributed by atoms with Crippen molar-refractivity contribution in [2.24, 2.45) is 0 Å². The summed E-state index contributed by atoms with van der Waals surface area (Å²) in [5.41, 5.74) is 4.75. The number of carbonyl (C=O) groups excluding carboxylic acids is 2. The minimum Gasteiger partial charge on any atom is -0.383 e. The van der Waals surface area contributed by atoms with E-state index in [0.29, 0.717) is 26.2 Å². The van der Waals surface area contributed by atoms with Crippen LogP contribution in [-0.4, -0.2) is 43.6 Å². The number of fused-ring (bicyclic) bond motifs is 3. The zero-order valence-electron chi connectivity index (χ0n) is 14.8. The number of urea groups is 1. The van der Waals surface area contributed by atoms with Gasteiger partial charge in [-0.2, -0.15) is 0 Å². The number of benzene rings is 2. The van der Waals surface area contributed by atoms with Gasteiger partial charge in [0.2, 0.25) is 5.91 Å². The molecule has 1 aliphatic rings. The highest BCUT2D eigenvalue weighted by molar-refractivity contribution is 5.95. The van der Waals surface area contributed by atoms with Crippen molar-refractivity contribution in [1.82, 2.24) is 15.5 Å². The van der Waals surface area contributed by atoms with Crippen LogP contribution in [0.1, 0.15) is 11.1 Å². The Kier molecular flexibility index (Phi) is 5.99. The van der Waals surface area contributed by atoms with Crippen LogP contribution in [0.2, 0.25) is 0 Å². The number of carbonyl (C=O) groups is 2. The first-order valence-corrected chi connectivity index (χ1v) is 8.62. The van der Waals surface area contributed by atoms with Gasteiger partial charge in [0.15, 0.2) is 0 Å². The van der Waals surface area contributed by atoms with Crippen LogP contribution in [0.25, 0.3) is 11.1 Å². The smallest absolute Gasteiger partial charge is 0.321 e. The Labute approximate surface area is 153 Å². The first-order valence-electron chi connectivity index (χ1n) is 8.62. The fourth-order valence-corrected chi connectivity index (χ4v) is 3.17. The molecular formula is C20H23N3O3. The SMILES string of the molecule is COCCNC(=O)NC(=O)CN1Cc2ccccc2-c2ccccc2C1. The topological polar surface area (TPSA) is 70.7 Å². The predicted molar refractivity (Wildman–Crippen MR) is 99.4 cm³/mol. The summed E-state index contributed by atoms with van der Waals surface area (Å²) >= 11 is 0. The molecule has 0 aromatic heterocycles. The largest absolute Gasteiger partial charge is 0.383 e. The van der Waals surface area contributed by atoms with Gasteiger partial charge in [-0.25, -0.2) is 4.79 Å². The average molecular weight is 353 g/mol. The number of hydrogen-bond donors (Lipinski definition) is 2. The zero-order valence-corrected chi connectivity index (χ0v) is 14.8. The van der Waals surface area contributed by atoms with Crippen molar-refractivity contribution < 1.29 is 14.3 Å². The Morgan fingerprint density at radius 3 is 2.15 bits per heavy atom. The van der Waals surface area contributed by atoms with Crippen LogP contribution >= 0.6 is 0 Å². The lowest BCUT2D eigenvalue weighted by atomic mass is 9.97. The van der Waals surface area contributed by atoms with Crippen LogP contribution in [0.5, 0.6) is 0 Å². The maximum atomic E-state index is 12.2. The molecule has 2 aromatic rings. The van der Waals surface area contributed by atoms with Crippen molar-refractivity contribution in [2.75, 3.05) is 26.8 Å². The summed E-state index contributed by atoms with van der Waals surface area (Å²) in [6.07, 6.45) is 0. The lowest BCUT2D eigenvalue weighted by molar-refractivity contribution is -0.121. The van der Waals surface area contributed by atoms with Gasteiger partial charge in [-0.3, -0.25) is 15.0 Å². The van der Waals surface area contributed by atoms with Crippen molar-refractivity contribution in [3.63, 3.8) is 0 Å². The normalized spacial score (nSPS) is 13.3. The van der Waals surface area contributed by atoms with Gasteiger partial charge in [0.05, 0.1) is 13.2 Å². The molecule has 0 saturated carbocycles. The molecule has 1 aliphatic heterocycles. The summed E-state index contributed by atoms with van der Waals surface area (Å²) in [7, 11) is 1.56. The molecular weight excluding hydrogens is 330 g/mol. The van der Waals surface area contributed by atoms with Crippen LogP contribution < -0.4 is 10.6 Å². The van der Waals surface area contributed by atoms with E-state index in [4.69, 9.17) is 4.74 Å². The Morgan fingerprint density at radius 1 is 1.00 bits per heavy atom. The lowest BCUT2D eigenvalue weighted by Gasteiger charge is -2.20. The number of ether oxygens (including phenoxy) is 1. The number of imide groups is 1. The summed E-state index contributed by atoms with van der Waals surface area (Å²) < 4.78 is 4.86. The molecule has 0 bridgehead atoms. The first-order chi connectivity index (χ1) is 12.7. The summed E-state index contributed by atoms with van der Waals surface area (Å²) in [6, 6.07) is 16.0. The number of amides is 3. The van der Waals surface area contributed by atoms with Gasteiger partial charge < -0.3 is 10.1 Å². The third kappa shape index (κ3) is 4.47. The molecule has 0 spiro atoms. The molecule has 3 rings (SSSR count). The van der Waals surface area contributed by atoms with Crippen molar-refractivity contribution in [3.05, 3.63) is 59.7 Å². The van der Waals surface area contributed by atoms with Crippen LogP contribution in [0, 0.1) is 0 Å². The fourth-order valence-electron chi connectivity index (χ4n) is 3.17. The van der Waals surface area contributed by atoms with E-state index >= 15 is 0 Å². The minimum absolute atomic E-state index is 0.153. The van der Waals surface area contributed by atoms with Crippen molar-refractivity contribution in [2.45, 2.75) is 13.1 Å². The molecule has 136 valence electrons. The summed E-state index contributed by atoms with van der Waals surface area (Å²) in [6.45, 7) is 2.23. The Hall–Kier alpha value is -2.70. The van der Waals surface area contributed by atoms with Gasteiger partial charge in [-0.15, -0.1) is 0 Å². The van der Waals surface area contributed by atoms with Crippen LogP contribution in [0.3, 0.4) is 0 Å². The molecule has 2 aromatic carbocycles. The number of nitrogens with one attached hydrogen (secondary N) is 2. The average Bonchev–Trinajstić information content (AvgIpc) is 2.78. The molecule has 0 radical (unpaired) electrons. The molecule has 0 saturated heterocycles. The highest BCUT2D eigenvalue weighted by atomic mass is 16.5. The van der Waals surface area contributed by atoms with E-state index in [2.05, 4.69) is 34.9 Å². The van der Waals surface area contributed by atoms with Gasteiger partial charge in [0.1, 0.15) is 0 Å². The Bertz CT molecular complexity index is 744. The van der Waals surface area contributed by atoms with E-state index in [9.17, 15) is 9.59 Å². The van der Waals surface area contributed by atoms with E-state index in [-0.39, 0.29) is 12.5 Å². The molecule has 3 amide bonds. The van der Waals surface area contributed by atoms with Crippen LogP contribution in [-0.2, 0) is 22.6 Å². The van der Waals surface area contributed by atoms with Gasteiger partial charge in [0, 0.05) is 26.7 Å². The van der Waals surface area contributed by atoms with E-state index in [1.54, 1.807) is 7.11 Å². The maximum Gasteiger partial charge on any atom is 0.321 e. The second-order valence-electron chi connectivity index (χ2n) is 6.26. The number of hydrogen-bond acceptors (Lipinski definition) is 4. The zero-order chi connectivity index (χ0) is 18.4. The van der Waals surface area contributed by atoms with Gasteiger partial charge in [-0.1, -0.05) is 48.5 Å². The van der Waals surface area contributed by atoms with Crippen LogP contribution in [0.4, 0.5) is 4.79 Å². The van der Waals surface area contributed by atoms with Gasteiger partial charge in [-0.05, 0) is 22.3 Å². The first kappa shape index (κ1) is 18.1. The van der Waals surface area contributed by atoms with Crippen molar-refractivity contribution in [3.8, 4) is 11.1 Å². The standard InChI is InChI=1S/C20H23N3O3/c1-26-11-10-21-20(25)22-19(24)14-23-12-15-6-2-4-8-17(15)18-9-5-3-7-16(18)13-23/h2-9H,10-14H2,1H3,(H2,21,22,24,25). The second kappa shape index (κ2) is 8.60. The number of rotatable bonds is 5. The van der Waals surface area contributed by atoms with E-state index < -0.39 is 6.03 Å². The third-order valence-electron chi connectivity index (χ3n) is 4.32. The highest BCUT2D eigenvalue weighted by Gasteiger charge is 2.21. The van der Waals surface area contributed by atoms with Gasteiger partial charge in [0.25, 0.3) is 0 Å². The quantitative estimate of drug-likeness (QED) is 0.808. The number of methoxy groups -OCH3 is 1. The van der Waals surface area contributed by atoms with E-state index in [0.717, 1.165) is 0 Å². The third-order valence-corrected chi connectivity index (χ3v) is 4.32. The molecule has 1 heterocycles. The summed E-state index contributed by atoms with van der Waals surface area (Å²) in [4.78, 5) is 26.0. The molecule has 6 nitrogen and oxygen atoms in total. The molecule has 6 heteroatoms. The maximum absolute atomic E-state index is 12.2. The van der Waals surface area contributed by atoms with Crippen LogP contribution in [0.15, 0.2) is 48.5 Å². The van der Waals surface area contributed by atoms with Crippen molar-refractivity contribution in [1.29, 1.82) is 0 Å². The van der Waals surface area contributed by atoms with E-state index in [1.165, 1.54) is 22.3 Å². The Balaban J connectivity index is 1.69.